The van der Waals surface area contributed by atoms with Gasteiger partial charge in [0.1, 0.15) is 49.7 Å². The molecule has 0 saturated heterocycles. The second kappa shape index (κ2) is 10.9. The standard InChI is InChI=1S/C22H25N2O3.HI/c1-3-18-4-6-19(7-5-18)14-23-12-13-24(17-23)15-20(25)16-27-22-10-8-21(26-2)9-11-22;/h3-13,17,20,25H,1,14-16H2,2H3;1H/q+1;/p-1. The molecule has 1 N–H and O–H groups in total. The van der Waals surface area contributed by atoms with Gasteiger partial charge in [-0.1, -0.05) is 36.9 Å². The average Bonchev–Trinajstić information content (AvgIpc) is 3.14. The Bertz CT molecular complexity index is 860. The van der Waals surface area contributed by atoms with Crippen molar-refractivity contribution >= 4 is 6.08 Å². The molecule has 148 valence electrons. The quantitative estimate of drug-likeness (QED) is 0.336. The molecule has 0 radical (unpaired) electrons. The lowest BCUT2D eigenvalue weighted by Crippen LogP contribution is -3.00. The molecule has 5 nitrogen and oxygen atoms in total. The van der Waals surface area contributed by atoms with Crippen LogP contribution in [0.2, 0.25) is 0 Å². The Morgan fingerprint density at radius 1 is 1.11 bits per heavy atom. The van der Waals surface area contributed by atoms with Crippen LogP contribution < -0.4 is 38.0 Å². The van der Waals surface area contributed by atoms with Crippen LogP contribution in [0.1, 0.15) is 11.1 Å². The molecule has 0 saturated carbocycles. The number of benzene rings is 2. The number of ether oxygens (including phenoxy) is 2. The van der Waals surface area contributed by atoms with Gasteiger partial charge in [-0.25, -0.2) is 9.13 Å². The third-order valence-electron chi connectivity index (χ3n) is 4.25. The van der Waals surface area contributed by atoms with Gasteiger partial charge in [-0.2, -0.15) is 0 Å². The van der Waals surface area contributed by atoms with Crippen molar-refractivity contribution in [1.82, 2.24) is 4.57 Å². The third-order valence-corrected chi connectivity index (χ3v) is 4.25. The van der Waals surface area contributed by atoms with E-state index in [1.807, 2.05) is 53.6 Å². The topological polar surface area (TPSA) is 47.5 Å². The fourth-order valence-electron chi connectivity index (χ4n) is 2.77. The van der Waals surface area contributed by atoms with E-state index < -0.39 is 6.10 Å². The van der Waals surface area contributed by atoms with E-state index in [-0.39, 0.29) is 30.6 Å². The summed E-state index contributed by atoms with van der Waals surface area (Å²) in [6.45, 7) is 5.25. The lowest BCUT2D eigenvalue weighted by atomic mass is 10.1. The molecule has 1 heterocycles. The number of imidazole rings is 1. The summed E-state index contributed by atoms with van der Waals surface area (Å²) in [7, 11) is 1.62. The number of hydrogen-bond acceptors (Lipinski definition) is 3. The molecule has 3 rings (SSSR count). The minimum atomic E-state index is -0.597. The van der Waals surface area contributed by atoms with Crippen LogP contribution in [-0.4, -0.2) is 29.5 Å². The Labute approximate surface area is 182 Å². The van der Waals surface area contributed by atoms with Crippen molar-refractivity contribution in [3.63, 3.8) is 0 Å². The van der Waals surface area contributed by atoms with Crippen LogP contribution in [0.4, 0.5) is 0 Å². The summed E-state index contributed by atoms with van der Waals surface area (Å²) in [6, 6.07) is 15.6. The van der Waals surface area contributed by atoms with Crippen LogP contribution in [0, 0.1) is 0 Å². The smallest absolute Gasteiger partial charge is 0.244 e. The SMILES string of the molecule is C=Cc1ccc(C[n+]2ccn(CC(O)COc3ccc(OC)cc3)c2)cc1.[I-]. The summed E-state index contributed by atoms with van der Waals surface area (Å²) in [4.78, 5) is 0. The normalized spacial score (nSPS) is 11.4. The molecular weight excluding hydrogens is 467 g/mol. The molecular formula is C22H25IN2O3. The van der Waals surface area contributed by atoms with E-state index in [9.17, 15) is 5.11 Å². The average molecular weight is 492 g/mol. The summed E-state index contributed by atoms with van der Waals surface area (Å²) < 4.78 is 14.8. The molecule has 6 heteroatoms. The van der Waals surface area contributed by atoms with Crippen LogP contribution in [-0.2, 0) is 13.1 Å². The molecule has 0 spiro atoms. The summed E-state index contributed by atoms with van der Waals surface area (Å²) in [5.74, 6) is 1.49. The van der Waals surface area contributed by atoms with Gasteiger partial charge < -0.3 is 38.6 Å². The first-order valence-electron chi connectivity index (χ1n) is 8.87. The molecule has 1 atom stereocenters. The third kappa shape index (κ3) is 6.38. The number of rotatable bonds is 9. The molecule has 1 aromatic heterocycles. The molecule has 0 bridgehead atoms. The van der Waals surface area contributed by atoms with Crippen molar-refractivity contribution in [2.45, 2.75) is 19.2 Å². The van der Waals surface area contributed by atoms with Crippen LogP contribution in [0.5, 0.6) is 11.5 Å². The predicted molar refractivity (Wildman–Crippen MR) is 105 cm³/mol. The molecule has 0 aliphatic heterocycles. The van der Waals surface area contributed by atoms with Gasteiger partial charge in [-0.15, -0.1) is 0 Å². The maximum absolute atomic E-state index is 10.2. The first-order valence-corrected chi connectivity index (χ1v) is 8.87. The Hall–Kier alpha value is -2.32. The summed E-state index contributed by atoms with van der Waals surface area (Å²) in [5.41, 5.74) is 2.33. The zero-order chi connectivity index (χ0) is 19.1. The second-order valence-corrected chi connectivity index (χ2v) is 6.37. The summed E-state index contributed by atoms with van der Waals surface area (Å²) >= 11 is 0. The zero-order valence-corrected chi connectivity index (χ0v) is 18.0. The first-order chi connectivity index (χ1) is 13.2. The van der Waals surface area contributed by atoms with Crippen LogP contribution in [0.3, 0.4) is 0 Å². The summed E-state index contributed by atoms with van der Waals surface area (Å²) in [5, 5.41) is 10.2. The highest BCUT2D eigenvalue weighted by molar-refractivity contribution is 5.47. The molecule has 3 aromatic rings. The second-order valence-electron chi connectivity index (χ2n) is 6.37. The van der Waals surface area contributed by atoms with Crippen molar-refractivity contribution in [1.29, 1.82) is 0 Å². The Morgan fingerprint density at radius 2 is 1.79 bits per heavy atom. The van der Waals surface area contributed by atoms with Crippen LogP contribution in [0.25, 0.3) is 6.08 Å². The van der Waals surface area contributed by atoms with Crippen molar-refractivity contribution in [2.24, 2.45) is 0 Å². The molecule has 0 amide bonds. The number of methoxy groups -OCH3 is 1. The Balaban J connectivity index is 0.00000280. The first kappa shape index (κ1) is 22.0. The summed E-state index contributed by atoms with van der Waals surface area (Å²) in [6.07, 6.45) is 7.17. The van der Waals surface area contributed by atoms with Crippen LogP contribution >= 0.6 is 0 Å². The number of halogens is 1. The molecule has 0 aliphatic carbocycles. The predicted octanol–water partition coefficient (Wildman–Crippen LogP) is -0.0806. The van der Waals surface area contributed by atoms with E-state index in [0.29, 0.717) is 12.3 Å². The van der Waals surface area contributed by atoms with Gasteiger partial charge in [0.25, 0.3) is 0 Å². The molecule has 28 heavy (non-hydrogen) atoms. The fourth-order valence-corrected chi connectivity index (χ4v) is 2.77. The van der Waals surface area contributed by atoms with Crippen molar-refractivity contribution in [3.8, 4) is 11.5 Å². The minimum Gasteiger partial charge on any atom is -1.00 e. The highest BCUT2D eigenvalue weighted by Gasteiger charge is 2.12. The van der Waals surface area contributed by atoms with Crippen molar-refractivity contribution in [2.75, 3.05) is 13.7 Å². The number of aliphatic hydroxyl groups is 1. The van der Waals surface area contributed by atoms with Gasteiger partial charge in [0.15, 0.2) is 0 Å². The Morgan fingerprint density at radius 3 is 2.43 bits per heavy atom. The van der Waals surface area contributed by atoms with E-state index in [1.165, 1.54) is 5.56 Å². The molecule has 2 aromatic carbocycles. The fraction of sp³-hybridized carbons (Fsp3) is 0.227. The number of nitrogens with zero attached hydrogens (tertiary/aromatic N) is 2. The molecule has 1 unspecified atom stereocenters. The number of aromatic nitrogens is 2. The lowest BCUT2D eigenvalue weighted by molar-refractivity contribution is -0.687. The van der Waals surface area contributed by atoms with Gasteiger partial charge in [0, 0.05) is 0 Å². The zero-order valence-electron chi connectivity index (χ0n) is 15.9. The van der Waals surface area contributed by atoms with E-state index in [1.54, 1.807) is 7.11 Å². The Kier molecular flexibility index (Phi) is 8.53. The minimum absolute atomic E-state index is 0. The maximum Gasteiger partial charge on any atom is 0.244 e. The van der Waals surface area contributed by atoms with E-state index in [0.717, 1.165) is 17.9 Å². The van der Waals surface area contributed by atoms with E-state index in [4.69, 9.17) is 9.47 Å². The van der Waals surface area contributed by atoms with Gasteiger partial charge in [0.2, 0.25) is 6.33 Å². The van der Waals surface area contributed by atoms with E-state index in [2.05, 4.69) is 35.4 Å². The van der Waals surface area contributed by atoms with Crippen LogP contribution in [0.15, 0.2) is 73.8 Å². The van der Waals surface area contributed by atoms with Gasteiger partial charge in [-0.05, 0) is 35.4 Å². The van der Waals surface area contributed by atoms with Gasteiger partial charge in [0.05, 0.1) is 7.11 Å². The van der Waals surface area contributed by atoms with Crippen molar-refractivity contribution in [3.05, 3.63) is 85.0 Å². The van der Waals surface area contributed by atoms with Crippen molar-refractivity contribution < 1.29 is 43.1 Å². The maximum atomic E-state index is 10.2. The van der Waals surface area contributed by atoms with Gasteiger partial charge in [-0.3, -0.25) is 0 Å². The molecule has 0 aliphatic rings. The van der Waals surface area contributed by atoms with E-state index >= 15 is 0 Å². The largest absolute Gasteiger partial charge is 1.00 e. The van der Waals surface area contributed by atoms with Gasteiger partial charge >= 0.3 is 0 Å². The number of hydrogen-bond donors (Lipinski definition) is 1. The molecule has 0 fully saturated rings. The lowest BCUT2D eigenvalue weighted by Gasteiger charge is -2.11. The number of aliphatic hydroxyl groups excluding tert-OH is 1. The monoisotopic (exact) mass is 492 g/mol. The highest BCUT2D eigenvalue weighted by atomic mass is 127. The highest BCUT2D eigenvalue weighted by Crippen LogP contribution is 2.17.